The minimum Gasteiger partial charge on any atom is -0.205 e. The van der Waals surface area contributed by atoms with Crippen molar-refractivity contribution in [3.63, 3.8) is 0 Å². The highest BCUT2D eigenvalue weighted by molar-refractivity contribution is 7.80. The molecule has 4 heteroatoms. The predicted molar refractivity (Wildman–Crippen MR) is 54.0 cm³/mol. The molecule has 0 N–H and O–H groups in total. The van der Waals surface area contributed by atoms with Crippen molar-refractivity contribution in [2.75, 3.05) is 0 Å². The first-order valence-corrected chi connectivity index (χ1v) is 4.94. The smallest absolute Gasteiger partial charge is 0.141 e. The molecule has 1 heterocycles. The van der Waals surface area contributed by atoms with Gasteiger partial charge in [0, 0.05) is 20.7 Å². The van der Waals surface area contributed by atoms with Crippen molar-refractivity contribution in [3.8, 4) is 0 Å². The zero-order valence-corrected chi connectivity index (χ0v) is 8.31. The molecule has 0 bridgehead atoms. The van der Waals surface area contributed by atoms with E-state index in [9.17, 15) is 4.39 Å². The van der Waals surface area contributed by atoms with E-state index < -0.39 is 0 Å². The summed E-state index contributed by atoms with van der Waals surface area (Å²) < 4.78 is 13.9. The second-order valence-electron chi connectivity index (χ2n) is 2.39. The Morgan fingerprint density at radius 2 is 2.17 bits per heavy atom. The first-order chi connectivity index (χ1) is 5.68. The molecule has 1 aromatic carbocycles. The van der Waals surface area contributed by atoms with Crippen LogP contribution in [-0.4, -0.2) is 0 Å². The zero-order valence-electron chi connectivity index (χ0n) is 5.84. The molecule has 0 fully saturated rings. The van der Waals surface area contributed by atoms with Gasteiger partial charge in [-0.2, -0.15) is 0 Å². The summed E-state index contributed by atoms with van der Waals surface area (Å²) in [6.45, 7) is 0. The summed E-state index contributed by atoms with van der Waals surface area (Å²) in [4.78, 5) is 0.728. The third-order valence-electron chi connectivity index (χ3n) is 1.57. The van der Waals surface area contributed by atoms with Crippen LogP contribution in [0.15, 0.2) is 22.4 Å². The minimum absolute atomic E-state index is 0.229. The Balaban J connectivity index is 2.92. The van der Waals surface area contributed by atoms with Gasteiger partial charge in [0.1, 0.15) is 5.82 Å². The first-order valence-electron chi connectivity index (χ1n) is 3.23. The molecule has 0 aliphatic heterocycles. The molecule has 0 unspecified atom stereocenters. The number of thiol groups is 1. The number of thiophene rings is 1. The Kier molecular flexibility index (Phi) is 2.02. The summed E-state index contributed by atoms with van der Waals surface area (Å²) in [5.74, 6) is -0.229. The number of hydrogen-bond acceptors (Lipinski definition) is 2. The van der Waals surface area contributed by atoms with Crippen LogP contribution in [0.25, 0.3) is 10.1 Å². The summed E-state index contributed by atoms with van der Waals surface area (Å²) >= 11 is 11.3. The Labute approximate surface area is 83.4 Å². The minimum atomic E-state index is -0.229. The predicted octanol–water partition coefficient (Wildman–Crippen LogP) is 3.98. The van der Waals surface area contributed by atoms with Gasteiger partial charge < -0.3 is 0 Å². The molecule has 0 nitrogen and oxygen atoms in total. The van der Waals surface area contributed by atoms with Crippen molar-refractivity contribution >= 4 is 45.7 Å². The fraction of sp³-hybridized carbons (Fsp3) is 0. The van der Waals surface area contributed by atoms with Crippen LogP contribution in [0.5, 0.6) is 0 Å². The molecule has 0 aliphatic rings. The van der Waals surface area contributed by atoms with E-state index in [0.29, 0.717) is 10.4 Å². The van der Waals surface area contributed by atoms with Crippen molar-refractivity contribution in [1.82, 2.24) is 0 Å². The molecular weight excluding hydrogens is 215 g/mol. The standard InChI is InChI=1S/C8H4ClFS2/c9-4-1-5-6(10)3-12-8(5)7(11)2-4/h1-3,11H. The molecule has 12 heavy (non-hydrogen) atoms. The monoisotopic (exact) mass is 218 g/mol. The van der Waals surface area contributed by atoms with E-state index in [-0.39, 0.29) is 5.82 Å². The summed E-state index contributed by atoms with van der Waals surface area (Å²) in [5, 5.41) is 2.53. The largest absolute Gasteiger partial charge is 0.205 e. The van der Waals surface area contributed by atoms with Crippen molar-refractivity contribution in [3.05, 3.63) is 28.4 Å². The molecule has 0 saturated carbocycles. The number of hydrogen-bond donors (Lipinski definition) is 1. The summed E-state index contributed by atoms with van der Waals surface area (Å²) in [7, 11) is 0. The second-order valence-corrected chi connectivity index (χ2v) is 4.18. The normalized spacial score (nSPS) is 10.9. The average molecular weight is 219 g/mol. The molecule has 0 atom stereocenters. The van der Waals surface area contributed by atoms with Gasteiger partial charge in [-0.3, -0.25) is 0 Å². The highest BCUT2D eigenvalue weighted by Gasteiger charge is 2.06. The van der Waals surface area contributed by atoms with Crippen molar-refractivity contribution < 1.29 is 4.39 Å². The van der Waals surface area contributed by atoms with E-state index in [4.69, 9.17) is 11.6 Å². The van der Waals surface area contributed by atoms with Crippen LogP contribution in [0, 0.1) is 5.82 Å². The van der Waals surface area contributed by atoms with Crippen LogP contribution < -0.4 is 0 Å². The van der Waals surface area contributed by atoms with Gasteiger partial charge >= 0.3 is 0 Å². The fourth-order valence-corrected chi connectivity index (χ4v) is 2.58. The Hall–Kier alpha value is -0.250. The molecule has 62 valence electrons. The number of halogens is 2. The maximum Gasteiger partial charge on any atom is 0.141 e. The van der Waals surface area contributed by atoms with Crippen molar-refractivity contribution in [2.24, 2.45) is 0 Å². The van der Waals surface area contributed by atoms with Crippen molar-refractivity contribution in [1.29, 1.82) is 0 Å². The molecule has 2 aromatic rings. The highest BCUT2D eigenvalue weighted by Crippen LogP contribution is 2.32. The lowest BCUT2D eigenvalue weighted by atomic mass is 10.2. The first kappa shape index (κ1) is 8.35. The number of benzene rings is 1. The van der Waals surface area contributed by atoms with E-state index in [1.807, 2.05) is 0 Å². The van der Waals surface area contributed by atoms with Gasteiger partial charge in [0.2, 0.25) is 0 Å². The fourth-order valence-electron chi connectivity index (χ4n) is 1.05. The third kappa shape index (κ3) is 1.22. The average Bonchev–Trinajstić information content (AvgIpc) is 2.33. The molecule has 2 rings (SSSR count). The number of rotatable bonds is 0. The van der Waals surface area contributed by atoms with Crippen LogP contribution in [0.3, 0.4) is 0 Å². The second kappa shape index (κ2) is 2.91. The van der Waals surface area contributed by atoms with Gasteiger partial charge in [-0.1, -0.05) is 11.6 Å². The molecule has 0 radical (unpaired) electrons. The quantitative estimate of drug-likeness (QED) is 0.636. The maximum absolute atomic E-state index is 13.0. The topological polar surface area (TPSA) is 0 Å². The summed E-state index contributed by atoms with van der Waals surface area (Å²) in [5.41, 5.74) is 0. The number of fused-ring (bicyclic) bond motifs is 1. The third-order valence-corrected chi connectivity index (χ3v) is 3.29. The molecule has 0 amide bonds. The van der Waals surface area contributed by atoms with Gasteiger partial charge in [0.15, 0.2) is 0 Å². The Bertz CT molecular complexity index is 436. The van der Waals surface area contributed by atoms with E-state index in [1.165, 1.54) is 16.7 Å². The van der Waals surface area contributed by atoms with E-state index in [0.717, 1.165) is 9.60 Å². The summed E-state index contributed by atoms with van der Waals surface area (Å²) in [6.07, 6.45) is 0. The molecule has 0 saturated heterocycles. The van der Waals surface area contributed by atoms with Crippen LogP contribution in [0.2, 0.25) is 5.02 Å². The molecule has 0 spiro atoms. The van der Waals surface area contributed by atoms with Crippen LogP contribution in [0.4, 0.5) is 4.39 Å². The lowest BCUT2D eigenvalue weighted by molar-refractivity contribution is 0.644. The van der Waals surface area contributed by atoms with Gasteiger partial charge in [-0.15, -0.1) is 24.0 Å². The van der Waals surface area contributed by atoms with E-state index >= 15 is 0 Å². The lowest BCUT2D eigenvalue weighted by Crippen LogP contribution is -1.71. The lowest BCUT2D eigenvalue weighted by Gasteiger charge is -1.95. The van der Waals surface area contributed by atoms with Gasteiger partial charge in [0.05, 0.1) is 4.70 Å². The van der Waals surface area contributed by atoms with Crippen molar-refractivity contribution in [2.45, 2.75) is 4.90 Å². The molecular formula is C8H4ClFS2. The Morgan fingerprint density at radius 1 is 1.42 bits per heavy atom. The Morgan fingerprint density at radius 3 is 2.92 bits per heavy atom. The van der Waals surface area contributed by atoms with Crippen LogP contribution >= 0.6 is 35.6 Å². The van der Waals surface area contributed by atoms with Gasteiger partial charge in [-0.25, -0.2) is 4.39 Å². The van der Waals surface area contributed by atoms with Gasteiger partial charge in [0.25, 0.3) is 0 Å². The van der Waals surface area contributed by atoms with Crippen LogP contribution in [0.1, 0.15) is 0 Å². The summed E-state index contributed by atoms with van der Waals surface area (Å²) in [6, 6.07) is 3.32. The maximum atomic E-state index is 13.0. The zero-order chi connectivity index (χ0) is 8.72. The molecule has 0 aliphatic carbocycles. The highest BCUT2D eigenvalue weighted by atomic mass is 35.5. The van der Waals surface area contributed by atoms with E-state index in [2.05, 4.69) is 12.6 Å². The van der Waals surface area contributed by atoms with Crippen LogP contribution in [-0.2, 0) is 0 Å². The SMILES string of the molecule is Fc1csc2c(S)cc(Cl)cc12. The van der Waals surface area contributed by atoms with E-state index in [1.54, 1.807) is 12.1 Å². The van der Waals surface area contributed by atoms with Gasteiger partial charge in [-0.05, 0) is 12.1 Å². The molecule has 1 aromatic heterocycles.